The highest BCUT2D eigenvalue weighted by atomic mass is 16.5. The molecule has 5 heteroatoms. The summed E-state index contributed by atoms with van der Waals surface area (Å²) in [4.78, 5) is 2.35. The number of aromatic nitrogens is 3. The lowest BCUT2D eigenvalue weighted by Crippen LogP contribution is -2.47. The van der Waals surface area contributed by atoms with Crippen LogP contribution in [-0.2, 0) is 6.54 Å². The van der Waals surface area contributed by atoms with Crippen LogP contribution in [0.25, 0.3) is 0 Å². The Morgan fingerprint density at radius 3 is 2.82 bits per heavy atom. The maximum atomic E-state index is 5.05. The molecule has 3 rings (SSSR count). The normalized spacial score (nSPS) is 17.3. The molecule has 1 fully saturated rings. The number of hydrogen-bond donors (Lipinski definition) is 0. The summed E-state index contributed by atoms with van der Waals surface area (Å²) in [6, 6.07) is 2.50. The fourth-order valence-corrected chi connectivity index (χ4v) is 2.19. The zero-order chi connectivity index (χ0) is 11.8. The molecule has 1 aliphatic heterocycles. The Morgan fingerprint density at radius 2 is 2.24 bits per heavy atom. The van der Waals surface area contributed by atoms with Gasteiger partial charge >= 0.3 is 0 Å². The molecule has 3 heterocycles. The summed E-state index contributed by atoms with van der Waals surface area (Å²) in [6.07, 6.45) is 4.01. The van der Waals surface area contributed by atoms with Gasteiger partial charge in [0.15, 0.2) is 0 Å². The molecule has 0 aliphatic carbocycles. The van der Waals surface area contributed by atoms with E-state index in [1.54, 1.807) is 0 Å². The molecule has 0 spiro atoms. The largest absolute Gasteiger partial charge is 0.361 e. The fraction of sp³-hybridized carbons (Fsp3) is 0.500. The Labute approximate surface area is 100 Å². The van der Waals surface area contributed by atoms with Crippen molar-refractivity contribution in [2.24, 2.45) is 0 Å². The first-order valence-corrected chi connectivity index (χ1v) is 5.86. The van der Waals surface area contributed by atoms with E-state index in [0.717, 1.165) is 31.1 Å². The molecule has 0 saturated carbocycles. The number of likely N-dealkylation sites (tertiary alicyclic amines) is 1. The highest BCUT2D eigenvalue weighted by molar-refractivity contribution is 5.06. The lowest BCUT2D eigenvalue weighted by atomic mass is 10.1. The van der Waals surface area contributed by atoms with E-state index in [0.29, 0.717) is 6.04 Å². The summed E-state index contributed by atoms with van der Waals surface area (Å²) in [5.74, 6) is 0.875. The molecule has 0 aromatic carbocycles. The first kappa shape index (κ1) is 10.5. The molecule has 0 bridgehead atoms. The first-order valence-electron chi connectivity index (χ1n) is 5.86. The average molecular weight is 232 g/mol. The third kappa shape index (κ3) is 2.10. The number of nitrogens with zero attached hydrogens (tertiary/aromatic N) is 4. The lowest BCUT2D eigenvalue weighted by molar-refractivity contribution is 0.0883. The van der Waals surface area contributed by atoms with Crippen LogP contribution in [0.5, 0.6) is 0 Å². The summed E-state index contributed by atoms with van der Waals surface area (Å²) in [7, 11) is 0. The van der Waals surface area contributed by atoms with Crippen molar-refractivity contribution in [2.45, 2.75) is 26.4 Å². The third-order valence-corrected chi connectivity index (χ3v) is 3.10. The summed E-state index contributed by atoms with van der Waals surface area (Å²) in [5.41, 5.74) is 2.23. The van der Waals surface area contributed by atoms with Gasteiger partial charge in [-0.25, -0.2) is 0 Å². The summed E-state index contributed by atoms with van der Waals surface area (Å²) in [5, 5.41) is 8.34. The molecule has 1 saturated heterocycles. The fourth-order valence-electron chi connectivity index (χ4n) is 2.19. The van der Waals surface area contributed by atoms with Crippen LogP contribution < -0.4 is 0 Å². The molecule has 0 unspecified atom stereocenters. The zero-order valence-electron chi connectivity index (χ0n) is 10.1. The quantitative estimate of drug-likeness (QED) is 0.805. The van der Waals surface area contributed by atoms with E-state index >= 15 is 0 Å². The zero-order valence-corrected chi connectivity index (χ0v) is 10.1. The van der Waals surface area contributed by atoms with Gasteiger partial charge < -0.3 is 4.52 Å². The first-order chi connectivity index (χ1) is 8.20. The highest BCUT2D eigenvalue weighted by Crippen LogP contribution is 2.22. The predicted octanol–water partition coefficient (Wildman–Crippen LogP) is 1.54. The smallest absolute Gasteiger partial charge is 0.133 e. The molecule has 0 radical (unpaired) electrons. The predicted molar refractivity (Wildman–Crippen MR) is 62.5 cm³/mol. The van der Waals surface area contributed by atoms with Gasteiger partial charge in [-0.1, -0.05) is 5.16 Å². The van der Waals surface area contributed by atoms with E-state index in [9.17, 15) is 0 Å². The highest BCUT2D eigenvalue weighted by Gasteiger charge is 2.29. The van der Waals surface area contributed by atoms with Crippen LogP contribution >= 0.6 is 0 Å². The molecule has 17 heavy (non-hydrogen) atoms. The van der Waals surface area contributed by atoms with Gasteiger partial charge in [0.25, 0.3) is 0 Å². The minimum absolute atomic E-state index is 0.511. The minimum Gasteiger partial charge on any atom is -0.361 e. The molecule has 0 atom stereocenters. The van der Waals surface area contributed by atoms with Gasteiger partial charge in [0, 0.05) is 31.9 Å². The van der Waals surface area contributed by atoms with Gasteiger partial charge in [0.1, 0.15) is 5.76 Å². The van der Waals surface area contributed by atoms with Crippen molar-refractivity contribution in [3.05, 3.63) is 35.5 Å². The van der Waals surface area contributed by atoms with Crippen molar-refractivity contribution >= 4 is 0 Å². The van der Waals surface area contributed by atoms with E-state index in [-0.39, 0.29) is 0 Å². The summed E-state index contributed by atoms with van der Waals surface area (Å²) >= 11 is 0. The molecule has 1 aliphatic rings. The Hall–Kier alpha value is -1.62. The molecule has 5 nitrogen and oxygen atoms in total. The Balaban J connectivity index is 1.55. The van der Waals surface area contributed by atoms with Gasteiger partial charge in [0.2, 0.25) is 0 Å². The molecule has 0 N–H and O–H groups in total. The maximum Gasteiger partial charge on any atom is 0.133 e. The molecular weight excluding hydrogens is 216 g/mol. The lowest BCUT2D eigenvalue weighted by Gasteiger charge is -2.38. The Kier molecular flexibility index (Phi) is 2.48. The molecule has 0 amide bonds. The average Bonchev–Trinajstić information content (AvgIpc) is 2.81. The molecule has 2 aromatic rings. The van der Waals surface area contributed by atoms with E-state index in [1.165, 1.54) is 5.56 Å². The van der Waals surface area contributed by atoms with Crippen LogP contribution in [-0.4, -0.2) is 32.9 Å². The number of aryl methyl sites for hydroxylation is 2. The van der Waals surface area contributed by atoms with Crippen molar-refractivity contribution in [3.8, 4) is 0 Å². The van der Waals surface area contributed by atoms with Crippen molar-refractivity contribution in [3.63, 3.8) is 0 Å². The standard InChI is InChI=1S/C12H16N4O/c1-9-4-13-16(5-9)12-7-15(8-12)6-11-3-10(2)17-14-11/h3-5,12H,6-8H2,1-2H3. The van der Waals surface area contributed by atoms with Crippen LogP contribution in [0.3, 0.4) is 0 Å². The van der Waals surface area contributed by atoms with Crippen molar-refractivity contribution in [1.29, 1.82) is 0 Å². The monoisotopic (exact) mass is 232 g/mol. The minimum atomic E-state index is 0.511. The van der Waals surface area contributed by atoms with E-state index < -0.39 is 0 Å². The van der Waals surface area contributed by atoms with Gasteiger partial charge in [0.05, 0.1) is 17.9 Å². The van der Waals surface area contributed by atoms with Crippen LogP contribution in [0.4, 0.5) is 0 Å². The van der Waals surface area contributed by atoms with Crippen LogP contribution in [0.1, 0.15) is 23.1 Å². The maximum absolute atomic E-state index is 5.05. The molecule has 90 valence electrons. The van der Waals surface area contributed by atoms with Crippen LogP contribution in [0, 0.1) is 13.8 Å². The Morgan fingerprint density at radius 1 is 1.41 bits per heavy atom. The van der Waals surface area contributed by atoms with Crippen LogP contribution in [0.2, 0.25) is 0 Å². The second-order valence-electron chi connectivity index (χ2n) is 4.77. The van der Waals surface area contributed by atoms with E-state index in [4.69, 9.17) is 4.52 Å². The van der Waals surface area contributed by atoms with E-state index in [1.807, 2.05) is 19.2 Å². The van der Waals surface area contributed by atoms with Crippen molar-refractivity contribution in [2.75, 3.05) is 13.1 Å². The SMILES string of the molecule is Cc1cnn(C2CN(Cc3cc(C)on3)C2)c1. The van der Waals surface area contributed by atoms with Crippen molar-refractivity contribution < 1.29 is 4.52 Å². The van der Waals surface area contributed by atoms with Gasteiger partial charge in [-0.05, 0) is 19.4 Å². The molecule has 2 aromatic heterocycles. The summed E-state index contributed by atoms with van der Waals surface area (Å²) in [6.45, 7) is 6.92. The topological polar surface area (TPSA) is 47.1 Å². The number of rotatable bonds is 3. The number of hydrogen-bond acceptors (Lipinski definition) is 4. The van der Waals surface area contributed by atoms with Crippen molar-refractivity contribution in [1.82, 2.24) is 19.8 Å². The third-order valence-electron chi connectivity index (χ3n) is 3.10. The van der Waals surface area contributed by atoms with E-state index in [2.05, 4.69) is 33.0 Å². The van der Waals surface area contributed by atoms with Gasteiger partial charge in [-0.3, -0.25) is 9.58 Å². The van der Waals surface area contributed by atoms with Gasteiger partial charge in [-0.15, -0.1) is 0 Å². The van der Waals surface area contributed by atoms with Crippen LogP contribution in [0.15, 0.2) is 23.0 Å². The second kappa shape index (κ2) is 4.00. The second-order valence-corrected chi connectivity index (χ2v) is 4.77. The Bertz CT molecular complexity index is 510. The summed E-state index contributed by atoms with van der Waals surface area (Å²) < 4.78 is 7.11. The molecular formula is C12H16N4O. The van der Waals surface area contributed by atoms with Gasteiger partial charge in [-0.2, -0.15) is 5.10 Å².